The lowest BCUT2D eigenvalue weighted by Gasteiger charge is -2.31. The van der Waals surface area contributed by atoms with E-state index < -0.39 is 28.3 Å². The third kappa shape index (κ3) is 7.54. The molecule has 2 N–H and O–H groups in total. The van der Waals surface area contributed by atoms with Crippen LogP contribution in [0.4, 0.5) is 4.79 Å². The number of rotatable bonds is 12. The van der Waals surface area contributed by atoms with Crippen LogP contribution in [0, 0.1) is 17.8 Å². The average Bonchev–Trinajstić information content (AvgIpc) is 3.48. The van der Waals surface area contributed by atoms with Crippen molar-refractivity contribution < 1.29 is 32.5 Å². The van der Waals surface area contributed by atoms with E-state index in [4.69, 9.17) is 14.2 Å². The minimum absolute atomic E-state index is 0.0112. The molecule has 220 valence electrons. The summed E-state index contributed by atoms with van der Waals surface area (Å²) in [5.41, 5.74) is 0.901. The lowest BCUT2D eigenvalue weighted by Crippen LogP contribution is -2.51. The molecule has 0 unspecified atom stereocenters. The molecule has 6 atom stereocenters. The van der Waals surface area contributed by atoms with Crippen molar-refractivity contribution in [3.63, 3.8) is 0 Å². The zero-order chi connectivity index (χ0) is 28.9. The van der Waals surface area contributed by atoms with E-state index >= 15 is 0 Å². The van der Waals surface area contributed by atoms with Crippen LogP contribution in [0.3, 0.4) is 0 Å². The largest absolute Gasteiger partial charge is 0.497 e. The number of amides is 1. The van der Waals surface area contributed by atoms with Crippen LogP contribution in [0.25, 0.3) is 0 Å². The number of hydrogen-bond acceptors (Lipinski definition) is 7. The first-order valence-corrected chi connectivity index (χ1v) is 15.5. The summed E-state index contributed by atoms with van der Waals surface area (Å²) in [5.74, 6) is 1.38. The molecule has 1 saturated carbocycles. The minimum Gasteiger partial charge on any atom is -0.497 e. The van der Waals surface area contributed by atoms with Gasteiger partial charge < -0.3 is 24.6 Å². The van der Waals surface area contributed by atoms with Crippen molar-refractivity contribution in [3.8, 4) is 5.75 Å². The van der Waals surface area contributed by atoms with E-state index in [1.165, 1.54) is 23.5 Å². The molecule has 0 spiro atoms. The van der Waals surface area contributed by atoms with Crippen LogP contribution in [0.2, 0.25) is 0 Å². The smallest absolute Gasteiger partial charge is 0.407 e. The number of methoxy groups -OCH3 is 1. The van der Waals surface area contributed by atoms with E-state index in [1.54, 1.807) is 12.1 Å². The van der Waals surface area contributed by atoms with E-state index in [-0.39, 0.29) is 36.1 Å². The topological polar surface area (TPSA) is 114 Å². The molecule has 2 aromatic rings. The highest BCUT2D eigenvalue weighted by molar-refractivity contribution is 7.89. The fourth-order valence-electron chi connectivity index (χ4n) is 5.67. The van der Waals surface area contributed by atoms with Crippen LogP contribution in [0.1, 0.15) is 39.2 Å². The van der Waals surface area contributed by atoms with Gasteiger partial charge in [0, 0.05) is 26.1 Å². The maximum absolute atomic E-state index is 13.6. The van der Waals surface area contributed by atoms with Gasteiger partial charge in [0.1, 0.15) is 11.9 Å². The molecule has 0 bridgehead atoms. The van der Waals surface area contributed by atoms with E-state index in [0.717, 1.165) is 18.6 Å². The van der Waals surface area contributed by atoms with Gasteiger partial charge in [-0.05, 0) is 60.4 Å². The van der Waals surface area contributed by atoms with Gasteiger partial charge in [0.25, 0.3) is 0 Å². The number of aliphatic hydroxyl groups is 1. The highest BCUT2D eigenvalue weighted by Gasteiger charge is 2.44. The Morgan fingerprint density at radius 3 is 2.42 bits per heavy atom. The number of carbonyl (C=O) groups is 1. The molecule has 10 heteroatoms. The summed E-state index contributed by atoms with van der Waals surface area (Å²) < 4.78 is 45.3. The monoisotopic (exact) mass is 574 g/mol. The summed E-state index contributed by atoms with van der Waals surface area (Å²) in [6, 6.07) is 14.9. The number of carbonyl (C=O) groups excluding carboxylic acids is 1. The zero-order valence-electron chi connectivity index (χ0n) is 23.7. The summed E-state index contributed by atoms with van der Waals surface area (Å²) in [4.78, 5) is 13.1. The molecule has 1 heterocycles. The number of alkyl carbamates (subject to hydrolysis) is 1. The van der Waals surface area contributed by atoms with Gasteiger partial charge in [0.2, 0.25) is 10.0 Å². The molecule has 2 aliphatic rings. The second kappa shape index (κ2) is 13.3. The zero-order valence-corrected chi connectivity index (χ0v) is 24.5. The molecule has 40 heavy (non-hydrogen) atoms. The quantitative estimate of drug-likeness (QED) is 0.396. The van der Waals surface area contributed by atoms with Gasteiger partial charge >= 0.3 is 6.09 Å². The average molecular weight is 575 g/mol. The molecule has 0 radical (unpaired) electrons. The summed E-state index contributed by atoms with van der Waals surface area (Å²) in [5, 5.41) is 14.2. The van der Waals surface area contributed by atoms with Gasteiger partial charge in [-0.1, -0.05) is 51.1 Å². The number of aliphatic hydroxyl groups excluding tert-OH is 1. The number of hydrogen-bond donors (Lipinski definition) is 2. The molecule has 1 aliphatic carbocycles. The number of nitrogens with zero attached hydrogens (tertiary/aromatic N) is 1. The molecular formula is C30H42N2O7S. The second-order valence-corrected chi connectivity index (χ2v) is 13.3. The van der Waals surface area contributed by atoms with E-state index in [9.17, 15) is 18.3 Å². The Morgan fingerprint density at radius 1 is 1.10 bits per heavy atom. The van der Waals surface area contributed by atoms with Crippen molar-refractivity contribution in [3.05, 3.63) is 60.2 Å². The van der Waals surface area contributed by atoms with Gasteiger partial charge in [-0.2, -0.15) is 4.31 Å². The summed E-state index contributed by atoms with van der Waals surface area (Å²) in [7, 11) is -2.41. The van der Waals surface area contributed by atoms with Crippen LogP contribution in [-0.4, -0.2) is 75.1 Å². The second-order valence-electron chi connectivity index (χ2n) is 11.4. The highest BCUT2D eigenvalue weighted by atomic mass is 32.2. The Morgan fingerprint density at radius 2 is 1.80 bits per heavy atom. The first kappa shape index (κ1) is 30.3. The predicted octanol–water partition coefficient (Wildman–Crippen LogP) is 3.85. The van der Waals surface area contributed by atoms with Crippen LogP contribution in [-0.2, 0) is 25.9 Å². The van der Waals surface area contributed by atoms with Crippen molar-refractivity contribution in [2.24, 2.45) is 17.8 Å². The molecule has 9 nitrogen and oxygen atoms in total. The number of nitrogens with one attached hydrogen (secondary N) is 1. The molecule has 1 saturated heterocycles. The van der Waals surface area contributed by atoms with E-state index in [2.05, 4.69) is 12.2 Å². The Hall–Kier alpha value is -2.66. The number of sulfonamides is 1. The molecule has 1 aliphatic heterocycles. The van der Waals surface area contributed by atoms with Crippen molar-refractivity contribution in [2.75, 3.05) is 26.8 Å². The lowest BCUT2D eigenvalue weighted by molar-refractivity contribution is 0.0532. The maximum Gasteiger partial charge on any atom is 0.407 e. The molecule has 2 aromatic carbocycles. The number of fused-ring (bicyclic) bond motifs is 1. The van der Waals surface area contributed by atoms with E-state index in [1.807, 2.05) is 44.2 Å². The lowest BCUT2D eigenvalue weighted by atomic mass is 9.94. The van der Waals surface area contributed by atoms with Crippen LogP contribution >= 0.6 is 0 Å². The third-order valence-electron chi connectivity index (χ3n) is 7.81. The Kier molecular flexibility index (Phi) is 10.1. The van der Waals surface area contributed by atoms with Gasteiger partial charge in [0.15, 0.2) is 0 Å². The van der Waals surface area contributed by atoms with Gasteiger partial charge in [-0.15, -0.1) is 0 Å². The summed E-state index contributed by atoms with van der Waals surface area (Å²) in [6.07, 6.45) is -0.210. The van der Waals surface area contributed by atoms with Crippen molar-refractivity contribution in [1.29, 1.82) is 0 Å². The van der Waals surface area contributed by atoms with E-state index in [0.29, 0.717) is 30.4 Å². The first-order chi connectivity index (χ1) is 19.1. The normalized spacial score (nSPS) is 24.1. The molecular weight excluding hydrogens is 532 g/mol. The third-order valence-corrected chi connectivity index (χ3v) is 9.65. The fraction of sp³-hybridized carbons (Fsp3) is 0.567. The Bertz CT molecular complexity index is 1210. The van der Waals surface area contributed by atoms with Crippen LogP contribution < -0.4 is 10.1 Å². The molecule has 0 aromatic heterocycles. The van der Waals surface area contributed by atoms with Crippen LogP contribution in [0.5, 0.6) is 5.75 Å². The van der Waals surface area contributed by atoms with Crippen molar-refractivity contribution in [2.45, 2.75) is 69.3 Å². The molecule has 4 rings (SSSR count). The summed E-state index contributed by atoms with van der Waals surface area (Å²) >= 11 is 0. The fourth-order valence-corrected chi connectivity index (χ4v) is 7.29. The first-order valence-electron chi connectivity index (χ1n) is 14.0. The van der Waals surface area contributed by atoms with Crippen molar-refractivity contribution in [1.82, 2.24) is 9.62 Å². The Balaban J connectivity index is 1.49. The predicted molar refractivity (Wildman–Crippen MR) is 152 cm³/mol. The number of ether oxygens (including phenoxy) is 3. The van der Waals surface area contributed by atoms with Gasteiger partial charge in [-0.25, -0.2) is 13.2 Å². The standard InChI is InChI=1S/C30H42N2O7S/c1-20(2)17-32(40(35,36)25-12-10-23(37-4)11-13-25)18-28(33)27(14-22-8-6-5-7-9-22)31-30(34)39-24-15-26-21(3)19-38-29(26)16-24/h5-13,20-21,24,26-29,33H,14-19H2,1-4H3,(H,31,34)/t21-,24+,26+,27-,28+,29+/m0/s1. The molecule has 2 fully saturated rings. The SMILES string of the molecule is COc1ccc(S(=O)(=O)N(CC(C)C)C[C@@H](O)[C@H](Cc2ccccc2)NC(=O)O[C@@H]2C[C@@H]3[C@@H](C)CO[C@@H]3C2)cc1. The van der Waals surface area contributed by atoms with Crippen LogP contribution in [0.15, 0.2) is 59.5 Å². The van der Waals surface area contributed by atoms with Crippen molar-refractivity contribution >= 4 is 16.1 Å². The highest BCUT2D eigenvalue weighted by Crippen LogP contribution is 2.40. The van der Waals surface area contributed by atoms with Gasteiger partial charge in [-0.3, -0.25) is 0 Å². The minimum atomic E-state index is -3.92. The molecule has 1 amide bonds. The number of benzene rings is 2. The maximum atomic E-state index is 13.6. The van der Waals surface area contributed by atoms with Gasteiger partial charge in [0.05, 0.1) is 30.3 Å². The Labute approximate surface area is 237 Å². The summed E-state index contributed by atoms with van der Waals surface area (Å²) in [6.45, 7) is 6.75.